The topological polar surface area (TPSA) is 87.7 Å². The van der Waals surface area contributed by atoms with Gasteiger partial charge < -0.3 is 20.5 Å². The van der Waals surface area contributed by atoms with Crippen molar-refractivity contribution in [3.8, 4) is 5.75 Å². The molecule has 0 saturated carbocycles. The molecule has 1 rings (SSSR count). The number of carboxylic acids is 1. The number of carbonyl (C=O) groups is 2. The van der Waals surface area contributed by atoms with Crippen LogP contribution >= 0.6 is 11.6 Å². The lowest BCUT2D eigenvalue weighted by molar-refractivity contribution is -0.137. The van der Waals surface area contributed by atoms with Gasteiger partial charge in [0.25, 0.3) is 0 Å². The van der Waals surface area contributed by atoms with Gasteiger partial charge in [0, 0.05) is 13.0 Å². The van der Waals surface area contributed by atoms with Crippen molar-refractivity contribution in [3.05, 3.63) is 29.3 Å². The van der Waals surface area contributed by atoms with E-state index in [0.29, 0.717) is 36.7 Å². The number of aliphatic carboxylic acids is 1. The normalized spacial score (nSPS) is 11.5. The van der Waals surface area contributed by atoms with E-state index in [-0.39, 0.29) is 18.6 Å². The summed E-state index contributed by atoms with van der Waals surface area (Å²) in [6, 6.07) is 6.82. The summed E-state index contributed by atoms with van der Waals surface area (Å²) in [5, 5.41) is 14.3. The second-order valence-corrected chi connectivity index (χ2v) is 5.12. The van der Waals surface area contributed by atoms with Crippen molar-refractivity contribution in [2.75, 3.05) is 13.1 Å². The highest BCUT2D eigenvalue weighted by molar-refractivity contribution is 6.32. The predicted molar refractivity (Wildman–Crippen MR) is 84.4 cm³/mol. The number of hydrogen-bond acceptors (Lipinski definition) is 3. The molecule has 0 aliphatic carbocycles. The summed E-state index contributed by atoms with van der Waals surface area (Å²) in [4.78, 5) is 21.9. The number of halogens is 1. The third-order valence-electron chi connectivity index (χ3n) is 2.93. The minimum Gasteiger partial charge on any atom is -0.487 e. The van der Waals surface area contributed by atoms with Crippen molar-refractivity contribution < 1.29 is 19.4 Å². The van der Waals surface area contributed by atoms with E-state index < -0.39 is 5.97 Å². The van der Waals surface area contributed by atoms with Gasteiger partial charge in [0.2, 0.25) is 0 Å². The van der Waals surface area contributed by atoms with Crippen molar-refractivity contribution in [2.24, 2.45) is 0 Å². The largest absolute Gasteiger partial charge is 0.487 e. The van der Waals surface area contributed by atoms with Gasteiger partial charge in [-0.2, -0.15) is 0 Å². The summed E-state index contributed by atoms with van der Waals surface area (Å²) in [7, 11) is 0. The number of carboxylic acid groups (broad SMARTS) is 1. The Labute approximate surface area is 134 Å². The molecule has 6 nitrogen and oxygen atoms in total. The SMILES string of the molecule is CCC(CNC(=O)NCCCC(=O)O)Oc1ccccc1Cl. The summed E-state index contributed by atoms with van der Waals surface area (Å²) >= 11 is 6.03. The molecule has 1 atom stereocenters. The number of rotatable bonds is 9. The van der Waals surface area contributed by atoms with Crippen molar-refractivity contribution in [1.82, 2.24) is 10.6 Å². The van der Waals surface area contributed by atoms with Gasteiger partial charge >= 0.3 is 12.0 Å². The summed E-state index contributed by atoms with van der Waals surface area (Å²) in [5.41, 5.74) is 0. The Kier molecular flexibility index (Phi) is 8.14. The lowest BCUT2D eigenvalue weighted by Gasteiger charge is -2.19. The summed E-state index contributed by atoms with van der Waals surface area (Å²) < 4.78 is 5.75. The van der Waals surface area contributed by atoms with Crippen molar-refractivity contribution in [2.45, 2.75) is 32.3 Å². The van der Waals surface area contributed by atoms with E-state index >= 15 is 0 Å². The molecule has 1 aromatic carbocycles. The van der Waals surface area contributed by atoms with Gasteiger partial charge in [-0.1, -0.05) is 30.7 Å². The first kappa shape index (κ1) is 18.1. The quantitative estimate of drug-likeness (QED) is 0.608. The fraction of sp³-hybridized carbons (Fsp3) is 0.467. The van der Waals surface area contributed by atoms with Crippen molar-refractivity contribution in [3.63, 3.8) is 0 Å². The standard InChI is InChI=1S/C15H21ClN2O4/c1-2-11(22-13-7-4-3-6-12(13)16)10-18-15(21)17-9-5-8-14(19)20/h3-4,6-7,11H,2,5,8-10H2,1H3,(H,19,20)(H2,17,18,21). The smallest absolute Gasteiger partial charge is 0.314 e. The number of para-hydroxylation sites is 1. The van der Waals surface area contributed by atoms with Crippen LogP contribution in [0.25, 0.3) is 0 Å². The van der Waals surface area contributed by atoms with Crippen LogP contribution in [0.5, 0.6) is 5.75 Å². The van der Waals surface area contributed by atoms with Crippen LogP contribution in [-0.2, 0) is 4.79 Å². The van der Waals surface area contributed by atoms with Gasteiger partial charge in [-0.15, -0.1) is 0 Å². The zero-order valence-electron chi connectivity index (χ0n) is 12.5. The molecule has 2 amide bonds. The Morgan fingerprint density at radius 1 is 1.32 bits per heavy atom. The Morgan fingerprint density at radius 2 is 2.05 bits per heavy atom. The van der Waals surface area contributed by atoms with Crippen molar-refractivity contribution in [1.29, 1.82) is 0 Å². The third-order valence-corrected chi connectivity index (χ3v) is 3.24. The van der Waals surface area contributed by atoms with Crippen LogP contribution in [0.2, 0.25) is 5.02 Å². The molecule has 0 fully saturated rings. The first-order valence-corrected chi connectivity index (χ1v) is 7.55. The lowest BCUT2D eigenvalue weighted by atomic mass is 10.2. The Hall–Kier alpha value is -1.95. The lowest BCUT2D eigenvalue weighted by Crippen LogP contribution is -2.41. The molecule has 122 valence electrons. The van der Waals surface area contributed by atoms with E-state index in [4.69, 9.17) is 21.4 Å². The fourth-order valence-corrected chi connectivity index (χ4v) is 1.88. The highest BCUT2D eigenvalue weighted by atomic mass is 35.5. The molecule has 0 radical (unpaired) electrons. The Balaban J connectivity index is 2.30. The van der Waals surface area contributed by atoms with E-state index in [2.05, 4.69) is 10.6 Å². The van der Waals surface area contributed by atoms with E-state index in [1.807, 2.05) is 19.1 Å². The third kappa shape index (κ3) is 7.17. The fourth-order valence-electron chi connectivity index (χ4n) is 1.70. The summed E-state index contributed by atoms with van der Waals surface area (Å²) in [6.07, 6.45) is 0.957. The van der Waals surface area contributed by atoms with E-state index in [1.54, 1.807) is 12.1 Å². The number of urea groups is 1. The van der Waals surface area contributed by atoms with Crippen molar-refractivity contribution >= 4 is 23.6 Å². The van der Waals surface area contributed by atoms with Gasteiger partial charge in [0.1, 0.15) is 11.9 Å². The Morgan fingerprint density at radius 3 is 2.68 bits per heavy atom. The van der Waals surface area contributed by atoms with E-state index in [1.165, 1.54) is 0 Å². The van der Waals surface area contributed by atoms with Crippen LogP contribution in [0, 0.1) is 0 Å². The maximum Gasteiger partial charge on any atom is 0.314 e. The number of ether oxygens (including phenoxy) is 1. The van der Waals surface area contributed by atoms with Crippen LogP contribution in [0.4, 0.5) is 4.79 Å². The summed E-state index contributed by atoms with van der Waals surface area (Å²) in [5.74, 6) is -0.291. The van der Waals surface area contributed by atoms with Crippen LogP contribution in [0.3, 0.4) is 0 Å². The first-order valence-electron chi connectivity index (χ1n) is 7.17. The van der Waals surface area contributed by atoms with Crippen LogP contribution in [-0.4, -0.2) is 36.3 Å². The predicted octanol–water partition coefficient (Wildman–Crippen LogP) is 2.66. The second kappa shape index (κ2) is 9.89. The number of hydrogen-bond donors (Lipinski definition) is 3. The number of amides is 2. The average Bonchev–Trinajstić information content (AvgIpc) is 2.49. The molecule has 7 heteroatoms. The zero-order valence-corrected chi connectivity index (χ0v) is 13.2. The Bertz CT molecular complexity index is 496. The number of carbonyl (C=O) groups excluding carboxylic acids is 1. The van der Waals surface area contributed by atoms with Gasteiger partial charge in [-0.25, -0.2) is 4.79 Å². The molecule has 0 heterocycles. The molecule has 1 aromatic rings. The van der Waals surface area contributed by atoms with Gasteiger partial charge in [-0.3, -0.25) is 4.79 Å². The number of benzene rings is 1. The molecule has 0 aromatic heterocycles. The van der Waals surface area contributed by atoms with Gasteiger partial charge in [0.05, 0.1) is 11.6 Å². The van der Waals surface area contributed by atoms with Gasteiger partial charge in [-0.05, 0) is 25.0 Å². The summed E-state index contributed by atoms with van der Waals surface area (Å²) in [6.45, 7) is 2.61. The molecular weight excluding hydrogens is 308 g/mol. The molecule has 0 spiro atoms. The molecular formula is C15H21ClN2O4. The first-order chi connectivity index (χ1) is 10.5. The maximum absolute atomic E-state index is 11.6. The van der Waals surface area contributed by atoms with E-state index in [0.717, 1.165) is 0 Å². The molecule has 0 saturated heterocycles. The van der Waals surface area contributed by atoms with E-state index in [9.17, 15) is 9.59 Å². The molecule has 0 aliphatic heterocycles. The molecule has 1 unspecified atom stereocenters. The van der Waals surface area contributed by atoms with Crippen LogP contribution < -0.4 is 15.4 Å². The zero-order chi connectivity index (χ0) is 16.4. The highest BCUT2D eigenvalue weighted by Gasteiger charge is 2.11. The monoisotopic (exact) mass is 328 g/mol. The molecule has 22 heavy (non-hydrogen) atoms. The van der Waals surface area contributed by atoms with Gasteiger partial charge in [0.15, 0.2) is 0 Å². The minimum absolute atomic E-state index is 0.0352. The average molecular weight is 329 g/mol. The highest BCUT2D eigenvalue weighted by Crippen LogP contribution is 2.24. The second-order valence-electron chi connectivity index (χ2n) is 4.71. The molecule has 0 bridgehead atoms. The minimum atomic E-state index is -0.874. The van der Waals surface area contributed by atoms with Crippen LogP contribution in [0.1, 0.15) is 26.2 Å². The molecule has 0 aliphatic rings. The van der Waals surface area contributed by atoms with Crippen LogP contribution in [0.15, 0.2) is 24.3 Å². The number of nitrogens with one attached hydrogen (secondary N) is 2. The molecule has 3 N–H and O–H groups in total. The maximum atomic E-state index is 11.6.